The van der Waals surface area contributed by atoms with Gasteiger partial charge in [-0.2, -0.15) is 5.10 Å². The van der Waals surface area contributed by atoms with Gasteiger partial charge in [0.1, 0.15) is 0 Å². The first-order valence-electron chi connectivity index (χ1n) is 6.86. The first-order valence-corrected chi connectivity index (χ1v) is 6.86. The van der Waals surface area contributed by atoms with E-state index in [0.717, 1.165) is 6.54 Å². The molecule has 0 aliphatic heterocycles. The van der Waals surface area contributed by atoms with Crippen LogP contribution in [0.3, 0.4) is 0 Å². The first kappa shape index (κ1) is 12.7. The standard InChI is InChI=1S/C18H18N2/c1-14-8-9-15(2)18(10-14)17-11-19-20(13-17)12-16-6-4-3-5-7-16/h3-11,13H,12H2,1-2H3. The zero-order valence-electron chi connectivity index (χ0n) is 11.9. The highest BCUT2D eigenvalue weighted by molar-refractivity contribution is 5.66. The van der Waals surface area contributed by atoms with Crippen molar-refractivity contribution in [2.75, 3.05) is 0 Å². The molecule has 3 rings (SSSR count). The predicted octanol–water partition coefficient (Wildman–Crippen LogP) is 4.22. The molecule has 0 saturated heterocycles. The molecule has 0 spiro atoms. The zero-order valence-corrected chi connectivity index (χ0v) is 11.9. The molecule has 2 heteroatoms. The Bertz CT molecular complexity index is 711. The summed E-state index contributed by atoms with van der Waals surface area (Å²) in [5, 5.41) is 4.48. The lowest BCUT2D eigenvalue weighted by molar-refractivity contribution is 0.687. The van der Waals surface area contributed by atoms with E-state index >= 15 is 0 Å². The normalized spacial score (nSPS) is 10.7. The lowest BCUT2D eigenvalue weighted by Gasteiger charge is -2.04. The summed E-state index contributed by atoms with van der Waals surface area (Å²) in [6, 6.07) is 16.9. The maximum Gasteiger partial charge on any atom is 0.0659 e. The van der Waals surface area contributed by atoms with Crippen molar-refractivity contribution in [3.63, 3.8) is 0 Å². The van der Waals surface area contributed by atoms with E-state index in [1.807, 2.05) is 16.9 Å². The van der Waals surface area contributed by atoms with Gasteiger partial charge in [0.15, 0.2) is 0 Å². The minimum absolute atomic E-state index is 0.811. The van der Waals surface area contributed by atoms with Crippen LogP contribution in [0.2, 0.25) is 0 Å². The number of nitrogens with zero attached hydrogens (tertiary/aromatic N) is 2. The summed E-state index contributed by atoms with van der Waals surface area (Å²) in [6.45, 7) is 5.08. The van der Waals surface area contributed by atoms with Gasteiger partial charge in [-0.1, -0.05) is 54.1 Å². The highest BCUT2D eigenvalue weighted by Gasteiger charge is 2.05. The molecule has 0 bridgehead atoms. The maximum absolute atomic E-state index is 4.48. The maximum atomic E-state index is 4.48. The molecule has 1 aromatic heterocycles. The number of aromatic nitrogens is 2. The molecular weight excluding hydrogens is 244 g/mol. The Balaban J connectivity index is 1.88. The molecule has 3 aromatic rings. The lowest BCUT2D eigenvalue weighted by atomic mass is 10.0. The third kappa shape index (κ3) is 2.64. The van der Waals surface area contributed by atoms with Gasteiger partial charge in [0.25, 0.3) is 0 Å². The van der Waals surface area contributed by atoms with E-state index in [1.165, 1.54) is 27.8 Å². The summed E-state index contributed by atoms with van der Waals surface area (Å²) in [5.41, 5.74) is 6.28. The Kier molecular flexibility index (Phi) is 3.38. The SMILES string of the molecule is Cc1ccc(C)c(-c2cnn(Cc3ccccc3)c2)c1. The van der Waals surface area contributed by atoms with Crippen LogP contribution in [0.4, 0.5) is 0 Å². The molecule has 0 unspecified atom stereocenters. The fourth-order valence-electron chi connectivity index (χ4n) is 2.41. The van der Waals surface area contributed by atoms with Gasteiger partial charge in [-0.05, 0) is 30.5 Å². The molecule has 2 nitrogen and oxygen atoms in total. The average Bonchev–Trinajstić information content (AvgIpc) is 2.91. The van der Waals surface area contributed by atoms with Crippen LogP contribution in [-0.2, 0) is 6.54 Å². The molecule has 0 saturated carbocycles. The minimum Gasteiger partial charge on any atom is -0.268 e. The topological polar surface area (TPSA) is 17.8 Å². The molecule has 100 valence electrons. The van der Waals surface area contributed by atoms with Gasteiger partial charge in [-0.15, -0.1) is 0 Å². The van der Waals surface area contributed by atoms with Gasteiger partial charge in [-0.25, -0.2) is 0 Å². The van der Waals surface area contributed by atoms with Crippen LogP contribution in [0.15, 0.2) is 60.9 Å². The summed E-state index contributed by atoms with van der Waals surface area (Å²) in [5.74, 6) is 0. The van der Waals surface area contributed by atoms with Crippen LogP contribution in [0.5, 0.6) is 0 Å². The van der Waals surface area contributed by atoms with E-state index in [0.29, 0.717) is 0 Å². The molecular formula is C18H18N2. The molecule has 0 amide bonds. The van der Waals surface area contributed by atoms with Crippen LogP contribution in [0.25, 0.3) is 11.1 Å². The van der Waals surface area contributed by atoms with Crippen LogP contribution in [0, 0.1) is 13.8 Å². The molecule has 0 aliphatic rings. The van der Waals surface area contributed by atoms with E-state index < -0.39 is 0 Å². The van der Waals surface area contributed by atoms with Crippen LogP contribution >= 0.6 is 0 Å². The fraction of sp³-hybridized carbons (Fsp3) is 0.167. The van der Waals surface area contributed by atoms with Crippen molar-refractivity contribution < 1.29 is 0 Å². The molecule has 0 radical (unpaired) electrons. The van der Waals surface area contributed by atoms with Crippen LogP contribution in [-0.4, -0.2) is 9.78 Å². The van der Waals surface area contributed by atoms with E-state index in [1.54, 1.807) is 0 Å². The van der Waals surface area contributed by atoms with Gasteiger partial charge in [0.05, 0.1) is 12.7 Å². The third-order valence-electron chi connectivity index (χ3n) is 3.52. The Morgan fingerprint density at radius 3 is 2.60 bits per heavy atom. The van der Waals surface area contributed by atoms with Gasteiger partial charge in [0.2, 0.25) is 0 Å². The average molecular weight is 262 g/mol. The Labute approximate surface area is 119 Å². The Morgan fingerprint density at radius 2 is 1.80 bits per heavy atom. The minimum atomic E-state index is 0.811. The van der Waals surface area contributed by atoms with Crippen molar-refractivity contribution in [2.45, 2.75) is 20.4 Å². The van der Waals surface area contributed by atoms with Crippen LogP contribution in [0.1, 0.15) is 16.7 Å². The number of benzene rings is 2. The van der Waals surface area contributed by atoms with Crippen molar-refractivity contribution in [1.82, 2.24) is 9.78 Å². The lowest BCUT2D eigenvalue weighted by Crippen LogP contribution is -1.99. The van der Waals surface area contributed by atoms with Gasteiger partial charge >= 0.3 is 0 Å². The third-order valence-corrected chi connectivity index (χ3v) is 3.52. The molecule has 1 heterocycles. The van der Waals surface area contributed by atoms with Crippen molar-refractivity contribution in [3.05, 3.63) is 77.6 Å². The molecule has 20 heavy (non-hydrogen) atoms. The fourth-order valence-corrected chi connectivity index (χ4v) is 2.41. The first-order chi connectivity index (χ1) is 9.72. The molecule has 2 aromatic carbocycles. The van der Waals surface area contributed by atoms with E-state index in [9.17, 15) is 0 Å². The smallest absolute Gasteiger partial charge is 0.0659 e. The zero-order chi connectivity index (χ0) is 13.9. The number of hydrogen-bond donors (Lipinski definition) is 0. The van der Waals surface area contributed by atoms with Crippen LogP contribution < -0.4 is 0 Å². The van der Waals surface area contributed by atoms with Gasteiger partial charge < -0.3 is 0 Å². The Morgan fingerprint density at radius 1 is 1.00 bits per heavy atom. The number of rotatable bonds is 3. The van der Waals surface area contributed by atoms with Crippen molar-refractivity contribution >= 4 is 0 Å². The Hall–Kier alpha value is -2.35. The van der Waals surface area contributed by atoms with E-state index in [4.69, 9.17) is 0 Å². The molecule has 0 fully saturated rings. The van der Waals surface area contributed by atoms with E-state index in [2.05, 4.69) is 67.6 Å². The highest BCUT2D eigenvalue weighted by atomic mass is 15.3. The summed E-state index contributed by atoms with van der Waals surface area (Å²) >= 11 is 0. The second-order valence-electron chi connectivity index (χ2n) is 5.23. The van der Waals surface area contributed by atoms with Crippen molar-refractivity contribution in [2.24, 2.45) is 0 Å². The molecule has 0 atom stereocenters. The molecule has 0 N–H and O–H groups in total. The number of hydrogen-bond acceptors (Lipinski definition) is 1. The number of aryl methyl sites for hydroxylation is 2. The summed E-state index contributed by atoms with van der Waals surface area (Å²) in [7, 11) is 0. The van der Waals surface area contributed by atoms with Gasteiger partial charge in [0, 0.05) is 11.8 Å². The quantitative estimate of drug-likeness (QED) is 0.691. The summed E-state index contributed by atoms with van der Waals surface area (Å²) < 4.78 is 1.99. The molecule has 0 aliphatic carbocycles. The largest absolute Gasteiger partial charge is 0.268 e. The second kappa shape index (κ2) is 5.33. The van der Waals surface area contributed by atoms with E-state index in [-0.39, 0.29) is 0 Å². The van der Waals surface area contributed by atoms with Crippen molar-refractivity contribution in [3.8, 4) is 11.1 Å². The highest BCUT2D eigenvalue weighted by Crippen LogP contribution is 2.24. The monoisotopic (exact) mass is 262 g/mol. The van der Waals surface area contributed by atoms with Crippen molar-refractivity contribution in [1.29, 1.82) is 0 Å². The summed E-state index contributed by atoms with van der Waals surface area (Å²) in [4.78, 5) is 0. The summed E-state index contributed by atoms with van der Waals surface area (Å²) in [6.07, 6.45) is 4.07. The predicted molar refractivity (Wildman–Crippen MR) is 82.7 cm³/mol. The van der Waals surface area contributed by atoms with Gasteiger partial charge in [-0.3, -0.25) is 4.68 Å². The second-order valence-corrected chi connectivity index (χ2v) is 5.23.